The fourth-order valence-electron chi connectivity index (χ4n) is 0.800. The average Bonchev–Trinajstić information content (AvgIpc) is 2.09. The summed E-state index contributed by atoms with van der Waals surface area (Å²) in [5, 5.41) is 8.43. The molecule has 1 heterocycles. The van der Waals surface area contributed by atoms with Crippen molar-refractivity contribution in [3.63, 3.8) is 0 Å². The van der Waals surface area contributed by atoms with Gasteiger partial charge in [-0.1, -0.05) is 0 Å². The summed E-state index contributed by atoms with van der Waals surface area (Å²) in [6.45, 7) is 0. The number of nitriles is 1. The van der Waals surface area contributed by atoms with E-state index in [1.165, 1.54) is 0 Å². The van der Waals surface area contributed by atoms with E-state index in [-0.39, 0.29) is 0 Å². The maximum atomic E-state index is 8.43. The fourth-order valence-corrected chi connectivity index (χ4v) is 1.31. The van der Waals surface area contributed by atoms with Crippen LogP contribution in [0.3, 0.4) is 0 Å². The van der Waals surface area contributed by atoms with E-state index in [1.807, 2.05) is 6.07 Å². The molecule has 12 heavy (non-hydrogen) atoms. The molecule has 0 fully saturated rings. The molecule has 0 unspecified atom stereocenters. The maximum absolute atomic E-state index is 8.43. The minimum absolute atomic E-state index is 0.375. The molecule has 0 aromatic carbocycles. The normalized spacial score (nSPS) is 9.08. The standard InChI is InChI=1S/C8H7IN2O/c1-12-7-4-6(2-3-10)5-11-8(7)9/h4-5H,2H2,1H3. The third-order valence-corrected chi connectivity index (χ3v) is 2.18. The summed E-state index contributed by atoms with van der Waals surface area (Å²) in [6.07, 6.45) is 2.06. The lowest BCUT2D eigenvalue weighted by atomic mass is 10.2. The van der Waals surface area contributed by atoms with Crippen molar-refractivity contribution in [2.75, 3.05) is 7.11 Å². The molecule has 4 heteroatoms. The number of methoxy groups -OCH3 is 1. The second-order valence-corrected chi connectivity index (χ2v) is 3.19. The van der Waals surface area contributed by atoms with Crippen molar-refractivity contribution in [3.05, 3.63) is 21.5 Å². The first-order chi connectivity index (χ1) is 5.77. The first-order valence-corrected chi connectivity index (χ1v) is 4.41. The topological polar surface area (TPSA) is 45.9 Å². The second-order valence-electron chi connectivity index (χ2n) is 2.17. The summed E-state index contributed by atoms with van der Waals surface area (Å²) >= 11 is 2.09. The molecule has 62 valence electrons. The van der Waals surface area contributed by atoms with Crippen molar-refractivity contribution in [1.29, 1.82) is 5.26 Å². The van der Waals surface area contributed by atoms with E-state index in [0.717, 1.165) is 15.0 Å². The van der Waals surface area contributed by atoms with Gasteiger partial charge in [0, 0.05) is 6.20 Å². The molecule has 0 atom stereocenters. The summed E-state index contributed by atoms with van der Waals surface area (Å²) in [7, 11) is 1.59. The van der Waals surface area contributed by atoms with E-state index in [2.05, 4.69) is 33.6 Å². The van der Waals surface area contributed by atoms with Gasteiger partial charge in [-0.2, -0.15) is 5.26 Å². The largest absolute Gasteiger partial charge is 0.494 e. The third kappa shape index (κ3) is 2.08. The lowest BCUT2D eigenvalue weighted by Gasteiger charge is -2.02. The highest BCUT2D eigenvalue weighted by molar-refractivity contribution is 14.1. The van der Waals surface area contributed by atoms with Gasteiger partial charge in [0.15, 0.2) is 5.75 Å². The Morgan fingerprint density at radius 2 is 2.50 bits per heavy atom. The number of rotatable bonds is 2. The first kappa shape index (κ1) is 9.26. The molecule has 0 saturated heterocycles. The summed E-state index contributed by atoms with van der Waals surface area (Å²) in [5.74, 6) is 0.725. The molecule has 1 aromatic heterocycles. The van der Waals surface area contributed by atoms with Crippen LogP contribution >= 0.6 is 22.6 Å². The van der Waals surface area contributed by atoms with E-state index < -0.39 is 0 Å². The van der Waals surface area contributed by atoms with Gasteiger partial charge < -0.3 is 4.74 Å². The van der Waals surface area contributed by atoms with Crippen LogP contribution < -0.4 is 4.74 Å². The lowest BCUT2D eigenvalue weighted by Crippen LogP contribution is -1.92. The van der Waals surface area contributed by atoms with Gasteiger partial charge in [0.25, 0.3) is 0 Å². The monoisotopic (exact) mass is 274 g/mol. The van der Waals surface area contributed by atoms with Crippen LogP contribution in [0.15, 0.2) is 12.3 Å². The zero-order valence-electron chi connectivity index (χ0n) is 6.54. The van der Waals surface area contributed by atoms with Crippen molar-refractivity contribution >= 4 is 22.6 Å². The predicted octanol–water partition coefficient (Wildman–Crippen LogP) is 1.76. The number of hydrogen-bond donors (Lipinski definition) is 0. The van der Waals surface area contributed by atoms with Crippen molar-refractivity contribution < 1.29 is 4.74 Å². The predicted molar refractivity (Wildman–Crippen MR) is 52.8 cm³/mol. The number of hydrogen-bond acceptors (Lipinski definition) is 3. The van der Waals surface area contributed by atoms with Gasteiger partial charge in [0.05, 0.1) is 19.6 Å². The molecule has 0 spiro atoms. The van der Waals surface area contributed by atoms with Crippen LogP contribution in [-0.2, 0) is 6.42 Å². The van der Waals surface area contributed by atoms with E-state index in [4.69, 9.17) is 10.00 Å². The smallest absolute Gasteiger partial charge is 0.151 e. The summed E-state index contributed by atoms with van der Waals surface area (Å²) in [4.78, 5) is 4.08. The molecular formula is C8H7IN2O. The Hall–Kier alpha value is -0.830. The van der Waals surface area contributed by atoms with Crippen molar-refractivity contribution in [2.45, 2.75) is 6.42 Å². The van der Waals surface area contributed by atoms with Gasteiger partial charge in [-0.3, -0.25) is 0 Å². The SMILES string of the molecule is COc1cc(CC#N)cnc1I. The van der Waals surface area contributed by atoms with Crippen LogP contribution in [0.25, 0.3) is 0 Å². The zero-order valence-corrected chi connectivity index (χ0v) is 8.70. The first-order valence-electron chi connectivity index (χ1n) is 3.33. The van der Waals surface area contributed by atoms with Crippen LogP contribution in [0.4, 0.5) is 0 Å². The zero-order chi connectivity index (χ0) is 8.97. The molecule has 1 aromatic rings. The number of aromatic nitrogens is 1. The molecule has 0 radical (unpaired) electrons. The lowest BCUT2D eigenvalue weighted by molar-refractivity contribution is 0.409. The Bertz CT molecular complexity index is 319. The minimum atomic E-state index is 0.375. The van der Waals surface area contributed by atoms with Crippen molar-refractivity contribution in [3.8, 4) is 11.8 Å². The van der Waals surface area contributed by atoms with Crippen LogP contribution in [0, 0.1) is 15.0 Å². The molecule has 0 aliphatic carbocycles. The molecule has 0 N–H and O–H groups in total. The highest BCUT2D eigenvalue weighted by Crippen LogP contribution is 2.18. The van der Waals surface area contributed by atoms with Crippen LogP contribution in [0.5, 0.6) is 5.75 Å². The summed E-state index contributed by atoms with van der Waals surface area (Å²) < 4.78 is 5.87. The highest BCUT2D eigenvalue weighted by atomic mass is 127. The van der Waals surface area contributed by atoms with Gasteiger partial charge in [-0.05, 0) is 34.2 Å². The van der Waals surface area contributed by atoms with Gasteiger partial charge in [-0.15, -0.1) is 0 Å². The van der Waals surface area contributed by atoms with Crippen molar-refractivity contribution in [1.82, 2.24) is 4.98 Å². The Balaban J connectivity index is 2.98. The van der Waals surface area contributed by atoms with Crippen molar-refractivity contribution in [2.24, 2.45) is 0 Å². The van der Waals surface area contributed by atoms with Gasteiger partial charge in [0.1, 0.15) is 3.70 Å². The number of nitrogens with zero attached hydrogens (tertiary/aromatic N) is 2. The van der Waals surface area contributed by atoms with E-state index >= 15 is 0 Å². The molecule has 3 nitrogen and oxygen atoms in total. The Morgan fingerprint density at radius 1 is 1.75 bits per heavy atom. The number of pyridine rings is 1. The quantitative estimate of drug-likeness (QED) is 0.609. The Labute approximate surface area is 84.5 Å². The fraction of sp³-hybridized carbons (Fsp3) is 0.250. The maximum Gasteiger partial charge on any atom is 0.151 e. The average molecular weight is 274 g/mol. The second kappa shape index (κ2) is 4.26. The Morgan fingerprint density at radius 3 is 3.08 bits per heavy atom. The van der Waals surface area contributed by atoms with E-state index in [0.29, 0.717) is 6.42 Å². The summed E-state index contributed by atoms with van der Waals surface area (Å²) in [6, 6.07) is 3.89. The number of halogens is 1. The van der Waals surface area contributed by atoms with Crippen LogP contribution in [-0.4, -0.2) is 12.1 Å². The number of ether oxygens (including phenoxy) is 1. The van der Waals surface area contributed by atoms with Crippen LogP contribution in [0.1, 0.15) is 5.56 Å². The molecule has 0 bridgehead atoms. The minimum Gasteiger partial charge on any atom is -0.494 e. The van der Waals surface area contributed by atoms with Gasteiger partial charge >= 0.3 is 0 Å². The molecular weight excluding hydrogens is 267 g/mol. The van der Waals surface area contributed by atoms with Gasteiger partial charge in [0.2, 0.25) is 0 Å². The molecule has 0 saturated carbocycles. The van der Waals surface area contributed by atoms with Crippen LogP contribution in [0.2, 0.25) is 0 Å². The van der Waals surface area contributed by atoms with Gasteiger partial charge in [-0.25, -0.2) is 4.98 Å². The Kier molecular flexibility index (Phi) is 3.29. The molecule has 1 rings (SSSR count). The third-order valence-electron chi connectivity index (χ3n) is 1.37. The summed E-state index contributed by atoms with van der Waals surface area (Å²) in [5.41, 5.74) is 0.884. The molecule has 0 aliphatic rings. The van der Waals surface area contributed by atoms with E-state index in [1.54, 1.807) is 13.3 Å². The van der Waals surface area contributed by atoms with E-state index in [9.17, 15) is 0 Å². The molecule has 0 amide bonds. The highest BCUT2D eigenvalue weighted by Gasteiger charge is 2.01. The molecule has 0 aliphatic heterocycles.